The molecule has 0 unspecified atom stereocenters. The Morgan fingerprint density at radius 3 is 2.76 bits per heavy atom. The molecule has 0 radical (unpaired) electrons. The number of aliphatic hydroxyl groups is 1. The summed E-state index contributed by atoms with van der Waals surface area (Å²) < 4.78 is 0. The summed E-state index contributed by atoms with van der Waals surface area (Å²) in [7, 11) is 0. The first kappa shape index (κ1) is 15.6. The molecule has 1 saturated carbocycles. The first-order chi connectivity index (χ1) is 10.2. The fourth-order valence-electron chi connectivity index (χ4n) is 2.72. The minimum Gasteiger partial charge on any atom is -0.395 e. The lowest BCUT2D eigenvalue weighted by atomic mass is 9.95. The Morgan fingerprint density at radius 1 is 1.29 bits per heavy atom. The first-order valence-electron chi connectivity index (χ1n) is 7.71. The highest BCUT2D eigenvalue weighted by molar-refractivity contribution is 5.95. The number of carbonyl (C=O) groups is 1. The maximum Gasteiger partial charge on any atom is 0.251 e. The Bertz CT molecular complexity index is 548. The molecule has 3 nitrogen and oxygen atoms in total. The van der Waals surface area contributed by atoms with Gasteiger partial charge in [-0.25, -0.2) is 0 Å². The number of aryl methyl sites for hydroxylation is 1. The minimum absolute atomic E-state index is 0.00388. The molecule has 0 aromatic heterocycles. The van der Waals surface area contributed by atoms with Crippen LogP contribution in [0, 0.1) is 18.8 Å². The summed E-state index contributed by atoms with van der Waals surface area (Å²) >= 11 is 0. The van der Waals surface area contributed by atoms with Crippen molar-refractivity contribution < 1.29 is 9.90 Å². The van der Waals surface area contributed by atoms with Crippen molar-refractivity contribution in [3.8, 4) is 11.8 Å². The van der Waals surface area contributed by atoms with Gasteiger partial charge in [0.05, 0.1) is 6.61 Å². The van der Waals surface area contributed by atoms with E-state index in [1.807, 2.05) is 25.1 Å². The van der Waals surface area contributed by atoms with Crippen molar-refractivity contribution in [2.75, 3.05) is 6.61 Å². The lowest BCUT2D eigenvalue weighted by Gasteiger charge is -2.22. The Hall–Kier alpha value is -1.79. The monoisotopic (exact) mass is 285 g/mol. The van der Waals surface area contributed by atoms with Crippen molar-refractivity contribution in [2.24, 2.45) is 0 Å². The topological polar surface area (TPSA) is 49.3 Å². The smallest absolute Gasteiger partial charge is 0.251 e. The summed E-state index contributed by atoms with van der Waals surface area (Å²) in [6.07, 6.45) is 6.31. The van der Waals surface area contributed by atoms with Crippen LogP contribution in [0.25, 0.3) is 0 Å². The van der Waals surface area contributed by atoms with E-state index in [1.165, 1.54) is 19.3 Å². The van der Waals surface area contributed by atoms with Crippen LogP contribution in [0.4, 0.5) is 0 Å². The zero-order valence-electron chi connectivity index (χ0n) is 12.6. The number of hydrogen-bond acceptors (Lipinski definition) is 2. The fraction of sp³-hybridized carbons (Fsp3) is 0.500. The van der Waals surface area contributed by atoms with E-state index < -0.39 is 0 Å². The highest BCUT2D eigenvalue weighted by atomic mass is 16.2. The molecule has 1 aromatic carbocycles. The van der Waals surface area contributed by atoms with Gasteiger partial charge in [-0.1, -0.05) is 31.1 Å². The maximum atomic E-state index is 12.3. The standard InChI is InChI=1S/C18H23NO2/c1-14-11-15(7-5-6-10-20)13-16(12-14)18(21)19-17-8-3-2-4-9-17/h11-13,17,20H,2-4,6,8-10H2,1H3,(H,19,21). The van der Waals surface area contributed by atoms with Gasteiger partial charge in [0.2, 0.25) is 0 Å². The summed E-state index contributed by atoms with van der Waals surface area (Å²) in [6, 6.07) is 6.00. The summed E-state index contributed by atoms with van der Waals surface area (Å²) in [5, 5.41) is 11.9. The molecule has 112 valence electrons. The number of amides is 1. The molecule has 0 aliphatic heterocycles. The molecule has 2 N–H and O–H groups in total. The molecular formula is C18H23NO2. The second-order valence-electron chi connectivity index (χ2n) is 5.67. The molecule has 0 atom stereocenters. The van der Waals surface area contributed by atoms with Crippen LogP contribution in [-0.4, -0.2) is 23.7 Å². The molecule has 0 bridgehead atoms. The fourth-order valence-corrected chi connectivity index (χ4v) is 2.72. The SMILES string of the molecule is Cc1cc(C#CCCO)cc(C(=O)NC2CCCCC2)c1. The maximum absolute atomic E-state index is 12.3. The lowest BCUT2D eigenvalue weighted by molar-refractivity contribution is 0.0927. The van der Waals surface area contributed by atoms with Crippen LogP contribution in [0.1, 0.15) is 60.0 Å². The van der Waals surface area contributed by atoms with Gasteiger partial charge in [0.25, 0.3) is 5.91 Å². The average Bonchev–Trinajstić information content (AvgIpc) is 2.48. The quantitative estimate of drug-likeness (QED) is 0.839. The Balaban J connectivity index is 2.07. The molecule has 3 heteroatoms. The van der Waals surface area contributed by atoms with E-state index in [0.717, 1.165) is 24.0 Å². The van der Waals surface area contributed by atoms with Crippen LogP contribution in [-0.2, 0) is 0 Å². The second-order valence-corrected chi connectivity index (χ2v) is 5.67. The molecule has 1 aliphatic carbocycles. The number of nitrogens with one attached hydrogen (secondary N) is 1. The Labute approximate surface area is 126 Å². The van der Waals surface area contributed by atoms with E-state index in [2.05, 4.69) is 17.2 Å². The van der Waals surface area contributed by atoms with E-state index in [9.17, 15) is 4.79 Å². The largest absolute Gasteiger partial charge is 0.395 e. The van der Waals surface area contributed by atoms with Crippen molar-refractivity contribution in [3.63, 3.8) is 0 Å². The summed E-state index contributed by atoms with van der Waals surface area (Å²) in [4.78, 5) is 12.3. The van der Waals surface area contributed by atoms with Crippen molar-refractivity contribution >= 4 is 5.91 Å². The third-order valence-electron chi connectivity index (χ3n) is 3.75. The van der Waals surface area contributed by atoms with E-state index in [1.54, 1.807) is 0 Å². The predicted molar refractivity (Wildman–Crippen MR) is 84.1 cm³/mol. The van der Waals surface area contributed by atoms with Gasteiger partial charge in [-0.15, -0.1) is 0 Å². The number of rotatable bonds is 3. The molecule has 0 saturated heterocycles. The number of hydrogen-bond donors (Lipinski definition) is 2. The van der Waals surface area contributed by atoms with Gasteiger partial charge in [-0.05, 0) is 43.5 Å². The van der Waals surface area contributed by atoms with E-state index in [4.69, 9.17) is 5.11 Å². The van der Waals surface area contributed by atoms with Crippen LogP contribution in [0.2, 0.25) is 0 Å². The van der Waals surface area contributed by atoms with Gasteiger partial charge >= 0.3 is 0 Å². The molecule has 0 heterocycles. The highest BCUT2D eigenvalue weighted by Crippen LogP contribution is 2.18. The number of aliphatic hydroxyl groups excluding tert-OH is 1. The van der Waals surface area contributed by atoms with Gasteiger partial charge in [0, 0.05) is 23.6 Å². The molecule has 21 heavy (non-hydrogen) atoms. The summed E-state index contributed by atoms with van der Waals surface area (Å²) in [5.41, 5.74) is 2.53. The van der Waals surface area contributed by atoms with Crippen LogP contribution in [0.3, 0.4) is 0 Å². The lowest BCUT2D eigenvalue weighted by Crippen LogP contribution is -2.36. The summed E-state index contributed by atoms with van der Waals surface area (Å²) in [5.74, 6) is 5.89. The third-order valence-corrected chi connectivity index (χ3v) is 3.75. The van der Waals surface area contributed by atoms with E-state index in [-0.39, 0.29) is 12.5 Å². The van der Waals surface area contributed by atoms with Crippen LogP contribution < -0.4 is 5.32 Å². The number of benzene rings is 1. The zero-order chi connectivity index (χ0) is 15.1. The van der Waals surface area contributed by atoms with E-state index in [0.29, 0.717) is 18.0 Å². The van der Waals surface area contributed by atoms with Crippen LogP contribution in [0.15, 0.2) is 18.2 Å². The summed E-state index contributed by atoms with van der Waals surface area (Å²) in [6.45, 7) is 2.03. The van der Waals surface area contributed by atoms with Crippen molar-refractivity contribution in [2.45, 2.75) is 51.5 Å². The molecule has 1 amide bonds. The van der Waals surface area contributed by atoms with Crippen LogP contribution in [0.5, 0.6) is 0 Å². The number of carbonyl (C=O) groups excluding carboxylic acids is 1. The van der Waals surface area contributed by atoms with Crippen molar-refractivity contribution in [3.05, 3.63) is 34.9 Å². The van der Waals surface area contributed by atoms with Gasteiger partial charge in [0.1, 0.15) is 0 Å². The zero-order valence-corrected chi connectivity index (χ0v) is 12.6. The van der Waals surface area contributed by atoms with Gasteiger partial charge in [-0.2, -0.15) is 0 Å². The average molecular weight is 285 g/mol. The predicted octanol–water partition coefficient (Wildman–Crippen LogP) is 2.79. The third kappa shape index (κ3) is 4.91. The molecular weight excluding hydrogens is 262 g/mol. The van der Waals surface area contributed by atoms with E-state index >= 15 is 0 Å². The second kappa shape index (κ2) is 7.85. The van der Waals surface area contributed by atoms with Gasteiger partial charge in [-0.3, -0.25) is 4.79 Å². The minimum atomic E-state index is -0.00388. The molecule has 1 aliphatic rings. The Kier molecular flexibility index (Phi) is 5.83. The first-order valence-corrected chi connectivity index (χ1v) is 7.71. The molecule has 1 fully saturated rings. The highest BCUT2D eigenvalue weighted by Gasteiger charge is 2.16. The molecule has 0 spiro atoms. The molecule has 2 rings (SSSR count). The normalized spacial score (nSPS) is 15.1. The van der Waals surface area contributed by atoms with Crippen molar-refractivity contribution in [1.29, 1.82) is 0 Å². The molecule has 1 aromatic rings. The van der Waals surface area contributed by atoms with Crippen LogP contribution >= 0.6 is 0 Å². The van der Waals surface area contributed by atoms with Gasteiger partial charge in [0.15, 0.2) is 0 Å². The van der Waals surface area contributed by atoms with Gasteiger partial charge < -0.3 is 10.4 Å². The van der Waals surface area contributed by atoms with Crippen molar-refractivity contribution in [1.82, 2.24) is 5.32 Å². The Morgan fingerprint density at radius 2 is 2.05 bits per heavy atom.